The monoisotopic (exact) mass is 281 g/mol. The van der Waals surface area contributed by atoms with Crippen molar-refractivity contribution in [1.29, 1.82) is 0 Å². The van der Waals surface area contributed by atoms with E-state index < -0.39 is 0 Å². The number of aliphatic imine (C=N–C) groups is 1. The maximum absolute atomic E-state index is 6.12. The van der Waals surface area contributed by atoms with Crippen LogP contribution in [0.2, 0.25) is 5.02 Å². The average Bonchev–Trinajstić information content (AvgIpc) is 2.72. The molecule has 98 valence electrons. The highest BCUT2D eigenvalue weighted by Gasteiger charge is 2.18. The van der Waals surface area contributed by atoms with Crippen LogP contribution in [-0.2, 0) is 0 Å². The fourth-order valence-corrected chi connectivity index (χ4v) is 2.79. The number of rotatable bonds is 0. The van der Waals surface area contributed by atoms with E-state index in [0.717, 1.165) is 44.4 Å². The second kappa shape index (κ2) is 4.12. The number of aromatic nitrogens is 1. The van der Waals surface area contributed by atoms with Crippen molar-refractivity contribution in [1.82, 2.24) is 4.98 Å². The third-order valence-corrected chi connectivity index (χ3v) is 3.81. The minimum absolute atomic E-state index is 0.730. The van der Waals surface area contributed by atoms with E-state index in [9.17, 15) is 0 Å². The fourth-order valence-electron chi connectivity index (χ4n) is 2.61. The molecule has 2 aromatic carbocycles. The van der Waals surface area contributed by atoms with Gasteiger partial charge in [-0.15, -0.1) is 0 Å². The van der Waals surface area contributed by atoms with Crippen LogP contribution in [0.25, 0.3) is 10.9 Å². The summed E-state index contributed by atoms with van der Waals surface area (Å²) in [6.45, 7) is 2.01. The Hall–Kier alpha value is -2.26. The second-order valence-corrected chi connectivity index (χ2v) is 5.34. The van der Waals surface area contributed by atoms with Crippen molar-refractivity contribution in [2.24, 2.45) is 4.99 Å². The zero-order valence-corrected chi connectivity index (χ0v) is 11.6. The zero-order chi connectivity index (χ0) is 13.7. The summed E-state index contributed by atoms with van der Waals surface area (Å²) in [6.07, 6.45) is 0. The number of hydrogen-bond acceptors (Lipinski definition) is 2. The predicted molar refractivity (Wildman–Crippen MR) is 84.9 cm³/mol. The molecule has 0 radical (unpaired) electrons. The molecule has 1 aromatic heterocycles. The molecule has 0 amide bonds. The maximum Gasteiger partial charge on any atom is 0.0868 e. The molecule has 3 nitrogen and oxygen atoms in total. The smallest absolute Gasteiger partial charge is 0.0868 e. The molecule has 2 heterocycles. The SMILES string of the molecule is CC1=Nc2ccccc2Nc2c1[nH]c1ccc(Cl)cc21. The quantitative estimate of drug-likeness (QED) is 0.597. The van der Waals surface area contributed by atoms with Crippen LogP contribution in [0, 0.1) is 0 Å². The molecule has 4 rings (SSSR count). The number of hydrogen-bond donors (Lipinski definition) is 2. The Morgan fingerprint density at radius 2 is 1.95 bits per heavy atom. The number of nitrogens with zero attached hydrogens (tertiary/aromatic N) is 1. The van der Waals surface area contributed by atoms with Crippen molar-refractivity contribution < 1.29 is 0 Å². The predicted octanol–water partition coefficient (Wildman–Crippen LogP) is 5.02. The average molecular weight is 282 g/mol. The topological polar surface area (TPSA) is 40.2 Å². The summed E-state index contributed by atoms with van der Waals surface area (Å²) < 4.78 is 0. The molecule has 0 spiro atoms. The third-order valence-electron chi connectivity index (χ3n) is 3.57. The molecule has 0 saturated carbocycles. The van der Waals surface area contributed by atoms with Gasteiger partial charge in [-0.05, 0) is 37.3 Å². The molecule has 0 fully saturated rings. The van der Waals surface area contributed by atoms with E-state index in [1.807, 2.05) is 49.4 Å². The van der Waals surface area contributed by atoms with Gasteiger partial charge >= 0.3 is 0 Å². The van der Waals surface area contributed by atoms with Gasteiger partial charge in [0.15, 0.2) is 0 Å². The molecule has 1 aliphatic rings. The molecule has 1 aliphatic heterocycles. The summed E-state index contributed by atoms with van der Waals surface area (Å²) in [5, 5.41) is 5.29. The van der Waals surface area contributed by atoms with E-state index in [4.69, 9.17) is 11.6 Å². The third kappa shape index (κ3) is 1.63. The number of para-hydroxylation sites is 2. The largest absolute Gasteiger partial charge is 0.352 e. The minimum Gasteiger partial charge on any atom is -0.352 e. The van der Waals surface area contributed by atoms with Gasteiger partial charge < -0.3 is 10.3 Å². The number of anilines is 2. The standard InChI is InChI=1S/C16H12ClN3/c1-9-15-16(11-8-10(17)6-7-12(11)19-15)20-14-5-3-2-4-13(14)18-9/h2-8,19-20H,1H3. The van der Waals surface area contributed by atoms with Gasteiger partial charge in [-0.1, -0.05) is 23.7 Å². The van der Waals surface area contributed by atoms with Crippen LogP contribution in [0.15, 0.2) is 47.5 Å². The first-order valence-electron chi connectivity index (χ1n) is 6.45. The van der Waals surface area contributed by atoms with Gasteiger partial charge in [0.25, 0.3) is 0 Å². The van der Waals surface area contributed by atoms with Crippen LogP contribution < -0.4 is 5.32 Å². The van der Waals surface area contributed by atoms with Crippen LogP contribution in [-0.4, -0.2) is 10.7 Å². The first kappa shape index (κ1) is 11.6. The lowest BCUT2D eigenvalue weighted by Gasteiger charge is -2.06. The van der Waals surface area contributed by atoms with E-state index in [1.165, 1.54) is 0 Å². The number of benzene rings is 2. The highest BCUT2D eigenvalue weighted by Crippen LogP contribution is 2.38. The molecule has 0 saturated heterocycles. The van der Waals surface area contributed by atoms with E-state index in [1.54, 1.807) is 0 Å². The number of halogens is 1. The van der Waals surface area contributed by atoms with E-state index in [0.29, 0.717) is 0 Å². The number of nitrogens with one attached hydrogen (secondary N) is 2. The van der Waals surface area contributed by atoms with Gasteiger partial charge in [0, 0.05) is 15.9 Å². The molecule has 4 heteroatoms. The molecule has 0 bridgehead atoms. The molecule has 0 unspecified atom stereocenters. The zero-order valence-electron chi connectivity index (χ0n) is 10.9. The van der Waals surface area contributed by atoms with E-state index in [2.05, 4.69) is 15.3 Å². The van der Waals surface area contributed by atoms with Crippen molar-refractivity contribution in [3.8, 4) is 0 Å². The molecular formula is C16H12ClN3. The van der Waals surface area contributed by atoms with E-state index >= 15 is 0 Å². The van der Waals surface area contributed by atoms with Crippen molar-refractivity contribution in [2.45, 2.75) is 6.92 Å². The molecule has 20 heavy (non-hydrogen) atoms. The molecule has 3 aromatic rings. The van der Waals surface area contributed by atoms with Gasteiger partial charge in [-0.3, -0.25) is 0 Å². The van der Waals surface area contributed by atoms with Crippen molar-refractivity contribution in [2.75, 3.05) is 5.32 Å². The van der Waals surface area contributed by atoms with Crippen LogP contribution in [0.4, 0.5) is 17.1 Å². The lowest BCUT2D eigenvalue weighted by molar-refractivity contribution is 1.40. The van der Waals surface area contributed by atoms with Gasteiger partial charge in [0.05, 0.1) is 28.5 Å². The van der Waals surface area contributed by atoms with Gasteiger partial charge in [-0.2, -0.15) is 0 Å². The molecule has 2 N–H and O–H groups in total. The Labute approximate surface area is 121 Å². The lowest BCUT2D eigenvalue weighted by Crippen LogP contribution is -1.96. The fraction of sp³-hybridized carbons (Fsp3) is 0.0625. The van der Waals surface area contributed by atoms with Gasteiger partial charge in [-0.25, -0.2) is 4.99 Å². The normalized spacial score (nSPS) is 13.2. The van der Waals surface area contributed by atoms with Gasteiger partial charge in [0.2, 0.25) is 0 Å². The summed E-state index contributed by atoms with van der Waals surface area (Å²) >= 11 is 6.12. The number of fused-ring (bicyclic) bond motifs is 4. The van der Waals surface area contributed by atoms with E-state index in [-0.39, 0.29) is 0 Å². The van der Waals surface area contributed by atoms with Crippen molar-refractivity contribution in [3.63, 3.8) is 0 Å². The Morgan fingerprint density at radius 3 is 2.85 bits per heavy atom. The maximum atomic E-state index is 6.12. The van der Waals surface area contributed by atoms with Crippen LogP contribution in [0.1, 0.15) is 12.6 Å². The Bertz CT molecular complexity index is 861. The highest BCUT2D eigenvalue weighted by atomic mass is 35.5. The first-order chi connectivity index (χ1) is 9.72. The lowest BCUT2D eigenvalue weighted by atomic mass is 10.2. The first-order valence-corrected chi connectivity index (χ1v) is 6.83. The second-order valence-electron chi connectivity index (χ2n) is 4.90. The van der Waals surface area contributed by atoms with Crippen LogP contribution >= 0.6 is 11.6 Å². The summed E-state index contributed by atoms with van der Waals surface area (Å²) in [4.78, 5) is 8.10. The summed E-state index contributed by atoms with van der Waals surface area (Å²) in [6, 6.07) is 13.9. The molecule has 0 aliphatic carbocycles. The van der Waals surface area contributed by atoms with Crippen LogP contribution in [0.5, 0.6) is 0 Å². The van der Waals surface area contributed by atoms with Gasteiger partial charge in [0.1, 0.15) is 0 Å². The molecular weight excluding hydrogens is 270 g/mol. The van der Waals surface area contributed by atoms with Crippen molar-refractivity contribution in [3.05, 3.63) is 53.2 Å². The summed E-state index contributed by atoms with van der Waals surface area (Å²) in [7, 11) is 0. The highest BCUT2D eigenvalue weighted by molar-refractivity contribution is 6.31. The number of H-pyrrole nitrogens is 1. The Morgan fingerprint density at radius 1 is 1.10 bits per heavy atom. The summed E-state index contributed by atoms with van der Waals surface area (Å²) in [5.74, 6) is 0. The minimum atomic E-state index is 0.730. The Balaban J connectivity index is 2.05. The molecule has 0 atom stereocenters. The summed E-state index contributed by atoms with van der Waals surface area (Å²) in [5.41, 5.74) is 6.02. The Kier molecular flexibility index (Phi) is 2.38. The van der Waals surface area contributed by atoms with Crippen molar-refractivity contribution >= 4 is 45.3 Å². The van der Waals surface area contributed by atoms with Crippen LogP contribution in [0.3, 0.4) is 0 Å². The number of aromatic amines is 1.